The average molecular weight is 1510 g/mol. The fourth-order valence-electron chi connectivity index (χ4n) is 11.2. The second kappa shape index (κ2) is 40.9. The highest BCUT2D eigenvalue weighted by Gasteiger charge is 2.39. The SMILES string of the molecule is CC(=O)N[C@@H](CS)C(=O)N[C@@H](C)C(=O)N[C@@H](CC(=O)O)C(=O)N[C@@H](Cc1c[nH]c2ccccc12)C(=O)N[C@H](C(=O)N[C@@H](CS)C(=O)N[C@@H](Cc1ccc(O)cc1)C(=O)N[C@@H](Cc1c[nH]c2ccccc12)C(=O)N[C@@H](Cc1cnc[nH]1)C(=O)N[C@H](C(=O)N[C@@H](CCCCN)C(=O)NCC(=O)O)[C@@H](C)O)C(C)C. The fraction of sp³-hybridized carbons (Fsp3) is 0.435. The van der Waals surface area contributed by atoms with Crippen molar-refractivity contribution >= 4 is 130 Å². The minimum Gasteiger partial charge on any atom is -0.508 e. The molecule has 21 N–H and O–H groups in total. The Kier molecular flexibility index (Phi) is 32.3. The number of unbranched alkanes of at least 4 members (excludes halogenated alkanes) is 1. The van der Waals surface area contributed by atoms with Gasteiger partial charge in [-0.15, -0.1) is 0 Å². The smallest absolute Gasteiger partial charge is 0.322 e. The van der Waals surface area contributed by atoms with E-state index in [-0.39, 0.29) is 50.2 Å². The summed E-state index contributed by atoms with van der Waals surface area (Å²) in [5, 5.41) is 71.5. The summed E-state index contributed by atoms with van der Waals surface area (Å²) in [6, 6.07) is 2.39. The van der Waals surface area contributed by atoms with Crippen molar-refractivity contribution in [1.82, 2.24) is 83.7 Å². The summed E-state index contributed by atoms with van der Waals surface area (Å²) in [6.07, 6.45) is 2.67. The van der Waals surface area contributed by atoms with Crippen molar-refractivity contribution in [3.05, 3.63) is 120 Å². The van der Waals surface area contributed by atoms with Crippen LogP contribution in [0, 0.1) is 5.92 Å². The summed E-state index contributed by atoms with van der Waals surface area (Å²) < 4.78 is 0. The summed E-state index contributed by atoms with van der Waals surface area (Å²) in [5.74, 6) is -15.9. The predicted molar refractivity (Wildman–Crippen MR) is 391 cm³/mol. The van der Waals surface area contributed by atoms with Crippen molar-refractivity contribution in [2.75, 3.05) is 24.6 Å². The summed E-state index contributed by atoms with van der Waals surface area (Å²) in [6.45, 7) is 6.14. The topological polar surface area (TPSA) is 551 Å². The van der Waals surface area contributed by atoms with Gasteiger partial charge in [-0.2, -0.15) is 25.3 Å². The van der Waals surface area contributed by atoms with Crippen molar-refractivity contribution in [1.29, 1.82) is 0 Å². The lowest BCUT2D eigenvalue weighted by atomic mass is 9.99. The van der Waals surface area contributed by atoms with E-state index in [4.69, 9.17) is 5.73 Å². The number of nitrogens with zero attached hydrogens (tertiary/aromatic N) is 1. The number of phenols is 1. The zero-order chi connectivity index (χ0) is 77.9. The highest BCUT2D eigenvalue weighted by atomic mass is 32.1. The van der Waals surface area contributed by atoms with E-state index in [1.54, 1.807) is 74.8 Å². The number of carbonyl (C=O) groups excluding carboxylic acids is 12. The first-order valence-electron chi connectivity index (χ1n) is 33.9. The van der Waals surface area contributed by atoms with Gasteiger partial charge in [-0.05, 0) is 86.5 Å². The molecule has 12 atom stereocenters. The molecule has 0 fully saturated rings. The summed E-state index contributed by atoms with van der Waals surface area (Å²) >= 11 is 8.46. The highest BCUT2D eigenvalue weighted by molar-refractivity contribution is 7.80. The number of aromatic hydroxyl groups is 1. The van der Waals surface area contributed by atoms with Crippen LogP contribution in [-0.2, 0) is 92.8 Å². The molecular formula is C69H91N17O18S2. The van der Waals surface area contributed by atoms with E-state index in [1.165, 1.54) is 50.6 Å². The molecule has 0 saturated carbocycles. The van der Waals surface area contributed by atoms with Crippen molar-refractivity contribution in [3.63, 3.8) is 0 Å². The number of hydrogen-bond acceptors (Lipinski definition) is 20. The Bertz CT molecular complexity index is 4080. The molecule has 0 unspecified atom stereocenters. The number of carbonyl (C=O) groups is 14. The number of aliphatic carboxylic acids is 2. The first-order chi connectivity index (χ1) is 50.4. The minimum atomic E-state index is -1.86. The van der Waals surface area contributed by atoms with Crippen LogP contribution in [0.15, 0.2) is 97.7 Å². The maximum Gasteiger partial charge on any atom is 0.322 e. The van der Waals surface area contributed by atoms with Crippen molar-refractivity contribution in [2.24, 2.45) is 11.7 Å². The number of nitrogens with one attached hydrogen (secondary N) is 15. The van der Waals surface area contributed by atoms with Gasteiger partial charge in [0.25, 0.3) is 0 Å². The standard InChI is InChI=1S/C69H91N17O18S2/c1-34(2)57(85-64(99)50(24-40-28-73-46-15-9-7-13-44(40)46)82-63(98)52(26-55(90)91)79-59(94)35(3)76-66(101)53(31-105)77-37(5)88)68(103)84-54(32-106)67(102)80-48(22-38-17-19-42(89)20-18-38)61(96)81-49(23-39-27-72-45-14-8-6-12-43(39)45)62(97)83-51(25-41-29-71-33-75-41)65(100)86-58(36(4)87)69(104)78-47(16-10-11-21-70)60(95)74-30-56(92)93/h6-9,12-15,17-20,27-29,33-36,47-54,57-58,72-73,87,89,105-106H,10-11,16,21-26,30-32,70H2,1-5H3,(H,71,75)(H,74,95)(H,76,101)(H,77,88)(H,78,104)(H,79,94)(H,80,102)(H,81,96)(H,82,98)(H,83,97)(H,84,103)(H,85,99)(H,86,100)(H,90,91)(H,92,93)/t35-,36+,47-,48-,49-,50-,51-,52-,53-,54-,57-,58-/m0/s1. The van der Waals surface area contributed by atoms with E-state index in [9.17, 15) is 78.0 Å². The number of aliphatic hydroxyl groups excluding tert-OH is 1. The number of benzene rings is 3. The highest BCUT2D eigenvalue weighted by Crippen LogP contribution is 2.22. The van der Waals surface area contributed by atoms with Crippen LogP contribution in [0.4, 0.5) is 0 Å². The van der Waals surface area contributed by atoms with Gasteiger partial charge < -0.3 is 105 Å². The molecule has 6 rings (SSSR count). The molecule has 6 aromatic rings. The molecule has 572 valence electrons. The fourth-order valence-corrected chi connectivity index (χ4v) is 11.7. The summed E-state index contributed by atoms with van der Waals surface area (Å²) in [4.78, 5) is 205. The molecular weight excluding hydrogens is 1420 g/mol. The lowest BCUT2D eigenvalue weighted by Gasteiger charge is -2.29. The molecule has 3 aromatic heterocycles. The number of fused-ring (bicyclic) bond motifs is 2. The maximum absolute atomic E-state index is 15.1. The van der Waals surface area contributed by atoms with Gasteiger partial charge in [-0.25, -0.2) is 4.98 Å². The van der Waals surface area contributed by atoms with E-state index >= 15 is 9.59 Å². The molecule has 0 saturated heterocycles. The molecule has 12 amide bonds. The lowest BCUT2D eigenvalue weighted by molar-refractivity contribution is -0.141. The Morgan fingerprint density at radius 2 is 0.934 bits per heavy atom. The van der Waals surface area contributed by atoms with Gasteiger partial charge in [0.2, 0.25) is 70.9 Å². The number of nitrogens with two attached hydrogens (primary N) is 1. The minimum absolute atomic E-state index is 0.00554. The van der Waals surface area contributed by atoms with Gasteiger partial charge in [0.15, 0.2) is 0 Å². The van der Waals surface area contributed by atoms with E-state index in [1.807, 2.05) is 0 Å². The number of imidazole rings is 1. The van der Waals surface area contributed by atoms with Crippen molar-refractivity contribution < 1.29 is 87.5 Å². The van der Waals surface area contributed by atoms with Crippen molar-refractivity contribution in [2.45, 2.75) is 159 Å². The second-order valence-corrected chi connectivity index (χ2v) is 26.2. The summed E-state index contributed by atoms with van der Waals surface area (Å²) in [7, 11) is 0. The maximum atomic E-state index is 15.1. The van der Waals surface area contributed by atoms with E-state index < -0.39 is 180 Å². The normalized spacial score (nSPS) is 14.6. The molecule has 0 aliphatic rings. The zero-order valence-electron chi connectivity index (χ0n) is 58.7. The number of H-pyrrole nitrogens is 3. The molecule has 0 aliphatic heterocycles. The molecule has 0 bridgehead atoms. The van der Waals surface area contributed by atoms with Gasteiger partial charge >= 0.3 is 11.9 Å². The van der Waals surface area contributed by atoms with Crippen LogP contribution in [-0.4, -0.2) is 220 Å². The van der Waals surface area contributed by atoms with Crippen LogP contribution in [0.25, 0.3) is 21.8 Å². The zero-order valence-corrected chi connectivity index (χ0v) is 60.4. The first kappa shape index (κ1) is 83.9. The Balaban J connectivity index is 1.27. The van der Waals surface area contributed by atoms with Crippen LogP contribution < -0.4 is 69.5 Å². The van der Waals surface area contributed by atoms with Crippen LogP contribution in [0.1, 0.15) is 82.7 Å². The third kappa shape index (κ3) is 25.4. The Morgan fingerprint density at radius 1 is 0.481 bits per heavy atom. The number of aromatic nitrogens is 4. The molecule has 0 aliphatic carbocycles. The van der Waals surface area contributed by atoms with Crippen molar-refractivity contribution in [3.8, 4) is 5.75 Å². The van der Waals surface area contributed by atoms with Gasteiger partial charge in [0.05, 0.1) is 18.9 Å². The number of aliphatic hydroxyl groups is 1. The molecule has 106 heavy (non-hydrogen) atoms. The predicted octanol–water partition coefficient (Wildman–Crippen LogP) is -2.58. The van der Waals surface area contributed by atoms with Crippen LogP contribution in [0.5, 0.6) is 5.75 Å². The third-order valence-electron chi connectivity index (χ3n) is 16.8. The third-order valence-corrected chi connectivity index (χ3v) is 17.6. The Hall–Kier alpha value is -11.0. The molecule has 37 heteroatoms. The van der Waals surface area contributed by atoms with Crippen LogP contribution >= 0.6 is 25.3 Å². The number of hydrogen-bond donors (Lipinski definition) is 22. The largest absolute Gasteiger partial charge is 0.508 e. The Morgan fingerprint density at radius 3 is 1.42 bits per heavy atom. The molecule has 0 radical (unpaired) electrons. The monoisotopic (exact) mass is 1510 g/mol. The number of aromatic amines is 3. The number of para-hydroxylation sites is 2. The molecule has 0 spiro atoms. The number of amides is 12. The second-order valence-electron chi connectivity index (χ2n) is 25.5. The quantitative estimate of drug-likeness (QED) is 0.0138. The molecule has 3 heterocycles. The van der Waals surface area contributed by atoms with E-state index in [0.29, 0.717) is 57.0 Å². The van der Waals surface area contributed by atoms with Crippen LogP contribution in [0.2, 0.25) is 0 Å². The van der Waals surface area contributed by atoms with Gasteiger partial charge in [0, 0.05) is 90.2 Å². The van der Waals surface area contributed by atoms with E-state index in [2.05, 4.69) is 109 Å². The van der Waals surface area contributed by atoms with Gasteiger partial charge in [-0.1, -0.05) is 62.4 Å². The molecule has 35 nitrogen and oxygen atoms in total. The number of phenolic OH excluding ortho intramolecular Hbond substituents is 1. The number of carboxylic acids is 2. The van der Waals surface area contributed by atoms with Gasteiger partial charge in [-0.3, -0.25) is 67.1 Å². The average Bonchev–Trinajstić information content (AvgIpc) is 1.60. The lowest BCUT2D eigenvalue weighted by Crippen LogP contribution is -2.62. The number of rotatable bonds is 42. The van der Waals surface area contributed by atoms with Gasteiger partial charge in [0.1, 0.15) is 78.8 Å². The number of carboxylic acid groups (broad SMARTS) is 2. The van der Waals surface area contributed by atoms with E-state index in [0.717, 1.165) is 6.92 Å². The number of thiol groups is 2. The first-order valence-corrected chi connectivity index (χ1v) is 35.1. The molecule has 3 aromatic carbocycles. The Labute approximate surface area is 619 Å². The van der Waals surface area contributed by atoms with Crippen LogP contribution in [0.3, 0.4) is 0 Å². The summed E-state index contributed by atoms with van der Waals surface area (Å²) in [5.41, 5.74) is 8.56.